The zero-order chi connectivity index (χ0) is 14.4. The number of nitrogens with one attached hydrogen (secondary N) is 2. The molecule has 0 bridgehead atoms. The van der Waals surface area contributed by atoms with Crippen molar-refractivity contribution in [2.45, 2.75) is 6.42 Å². The molecule has 0 saturated carbocycles. The van der Waals surface area contributed by atoms with Crippen molar-refractivity contribution in [3.63, 3.8) is 0 Å². The molecule has 0 fully saturated rings. The Morgan fingerprint density at radius 3 is 3.00 bits per heavy atom. The largest absolute Gasteiger partial charge is 0.390 e. The quantitative estimate of drug-likeness (QED) is 0.370. The number of aromatic nitrogens is 2. The van der Waals surface area contributed by atoms with Gasteiger partial charge in [-0.05, 0) is 18.2 Å². The average molecular weight is 289 g/mol. The SMILES string of the molecule is N=C/C(=C\NCCC=O)c1cnc2ccc(Cl)nc2c1. The van der Waals surface area contributed by atoms with Crippen molar-refractivity contribution in [1.29, 1.82) is 5.41 Å². The van der Waals surface area contributed by atoms with Crippen LogP contribution < -0.4 is 5.32 Å². The van der Waals surface area contributed by atoms with E-state index in [2.05, 4.69) is 15.3 Å². The van der Waals surface area contributed by atoms with Crippen molar-refractivity contribution in [1.82, 2.24) is 15.3 Å². The van der Waals surface area contributed by atoms with Gasteiger partial charge in [0.25, 0.3) is 0 Å². The van der Waals surface area contributed by atoms with E-state index in [0.717, 1.165) is 17.4 Å². The second-order valence-corrected chi connectivity index (χ2v) is 4.44. The predicted octanol–water partition coefficient (Wildman–Crippen LogP) is 2.45. The van der Waals surface area contributed by atoms with E-state index in [1.54, 1.807) is 24.5 Å². The van der Waals surface area contributed by atoms with Crippen LogP contribution in [0.4, 0.5) is 0 Å². The lowest BCUT2D eigenvalue weighted by molar-refractivity contribution is -0.107. The highest BCUT2D eigenvalue weighted by Gasteiger charge is 2.03. The molecule has 0 unspecified atom stereocenters. The zero-order valence-electron chi connectivity index (χ0n) is 10.6. The maximum absolute atomic E-state index is 10.2. The molecule has 0 saturated heterocycles. The monoisotopic (exact) mass is 288 g/mol. The fourth-order valence-corrected chi connectivity index (χ4v) is 1.83. The molecule has 2 aromatic rings. The van der Waals surface area contributed by atoms with Crippen LogP contribution in [-0.4, -0.2) is 29.0 Å². The average Bonchev–Trinajstić information content (AvgIpc) is 2.46. The van der Waals surface area contributed by atoms with E-state index < -0.39 is 0 Å². The molecule has 2 aromatic heterocycles. The number of carbonyl (C=O) groups is 1. The van der Waals surface area contributed by atoms with Crippen LogP contribution in [-0.2, 0) is 4.79 Å². The van der Waals surface area contributed by atoms with E-state index in [0.29, 0.717) is 29.2 Å². The first-order chi connectivity index (χ1) is 9.74. The van der Waals surface area contributed by atoms with Gasteiger partial charge >= 0.3 is 0 Å². The molecule has 20 heavy (non-hydrogen) atoms. The first-order valence-corrected chi connectivity index (χ1v) is 6.42. The summed E-state index contributed by atoms with van der Waals surface area (Å²) in [5, 5.41) is 10.8. The third-order valence-electron chi connectivity index (χ3n) is 2.66. The summed E-state index contributed by atoms with van der Waals surface area (Å²) in [6.45, 7) is 0.534. The Kier molecular flexibility index (Phi) is 4.79. The molecule has 5 nitrogen and oxygen atoms in total. The fourth-order valence-electron chi connectivity index (χ4n) is 1.67. The van der Waals surface area contributed by atoms with Crippen molar-refractivity contribution >= 4 is 40.7 Å². The summed E-state index contributed by atoms with van der Waals surface area (Å²) in [4.78, 5) is 18.7. The minimum Gasteiger partial charge on any atom is -0.390 e. The van der Waals surface area contributed by atoms with Crippen LogP contribution in [0.2, 0.25) is 5.15 Å². The summed E-state index contributed by atoms with van der Waals surface area (Å²) in [7, 11) is 0. The molecule has 2 rings (SSSR count). The van der Waals surface area contributed by atoms with E-state index in [4.69, 9.17) is 17.0 Å². The molecule has 0 radical (unpaired) electrons. The zero-order valence-corrected chi connectivity index (χ0v) is 11.4. The molecule has 0 amide bonds. The fraction of sp³-hybridized carbons (Fsp3) is 0.143. The van der Waals surface area contributed by atoms with Crippen LogP contribution in [0, 0.1) is 5.41 Å². The Bertz CT molecular complexity index is 669. The first kappa shape index (κ1) is 14.1. The van der Waals surface area contributed by atoms with E-state index in [-0.39, 0.29) is 0 Å². The lowest BCUT2D eigenvalue weighted by Gasteiger charge is -2.04. The molecule has 0 aliphatic carbocycles. The maximum Gasteiger partial charge on any atom is 0.129 e. The second kappa shape index (κ2) is 6.77. The Morgan fingerprint density at radius 2 is 2.25 bits per heavy atom. The molecule has 0 aliphatic heterocycles. The number of nitrogens with zero attached hydrogens (tertiary/aromatic N) is 2. The topological polar surface area (TPSA) is 78.7 Å². The van der Waals surface area contributed by atoms with Gasteiger partial charge in [0, 0.05) is 42.7 Å². The summed E-state index contributed by atoms with van der Waals surface area (Å²) >= 11 is 5.86. The number of halogens is 1. The molecule has 6 heteroatoms. The molecule has 2 N–H and O–H groups in total. The third kappa shape index (κ3) is 3.39. The summed E-state index contributed by atoms with van der Waals surface area (Å²) in [5.74, 6) is 0. The van der Waals surface area contributed by atoms with Crippen molar-refractivity contribution in [3.8, 4) is 0 Å². The van der Waals surface area contributed by atoms with Gasteiger partial charge in [0.1, 0.15) is 11.4 Å². The van der Waals surface area contributed by atoms with Crippen molar-refractivity contribution in [2.75, 3.05) is 6.54 Å². The van der Waals surface area contributed by atoms with Crippen LogP contribution in [0.1, 0.15) is 12.0 Å². The normalized spacial score (nSPS) is 11.3. The Morgan fingerprint density at radius 1 is 1.40 bits per heavy atom. The van der Waals surface area contributed by atoms with Gasteiger partial charge in [-0.25, -0.2) is 4.98 Å². The molecular weight excluding hydrogens is 276 g/mol. The molecule has 0 atom stereocenters. The molecule has 0 aromatic carbocycles. The number of carbonyl (C=O) groups excluding carboxylic acids is 1. The van der Waals surface area contributed by atoms with Crippen LogP contribution >= 0.6 is 11.6 Å². The highest BCUT2D eigenvalue weighted by atomic mass is 35.5. The van der Waals surface area contributed by atoms with Gasteiger partial charge in [0.05, 0.1) is 11.0 Å². The van der Waals surface area contributed by atoms with Crippen molar-refractivity contribution in [2.24, 2.45) is 0 Å². The third-order valence-corrected chi connectivity index (χ3v) is 2.87. The molecule has 0 aliphatic rings. The number of allylic oxidation sites excluding steroid dienone is 1. The van der Waals surface area contributed by atoms with Crippen molar-refractivity contribution < 1.29 is 4.79 Å². The van der Waals surface area contributed by atoms with Crippen LogP contribution in [0.15, 0.2) is 30.6 Å². The van der Waals surface area contributed by atoms with E-state index in [1.807, 2.05) is 6.07 Å². The minimum absolute atomic E-state index is 0.404. The first-order valence-electron chi connectivity index (χ1n) is 6.05. The Balaban J connectivity index is 2.29. The number of rotatable bonds is 6. The Labute approximate surface area is 121 Å². The highest BCUT2D eigenvalue weighted by molar-refractivity contribution is 6.29. The van der Waals surface area contributed by atoms with Gasteiger partial charge in [0.15, 0.2) is 0 Å². The number of hydrogen-bond donors (Lipinski definition) is 2. The predicted molar refractivity (Wildman–Crippen MR) is 80.0 cm³/mol. The number of aldehydes is 1. The van der Waals surface area contributed by atoms with Crippen molar-refractivity contribution in [3.05, 3.63) is 41.3 Å². The van der Waals surface area contributed by atoms with E-state index in [1.165, 1.54) is 6.21 Å². The minimum atomic E-state index is 0.404. The van der Waals surface area contributed by atoms with Gasteiger partial charge in [-0.2, -0.15) is 0 Å². The van der Waals surface area contributed by atoms with Crippen LogP contribution in [0.3, 0.4) is 0 Å². The van der Waals surface area contributed by atoms with Gasteiger partial charge in [-0.1, -0.05) is 11.6 Å². The Hall–Kier alpha value is -2.27. The molecule has 102 valence electrons. The summed E-state index contributed by atoms with van der Waals surface area (Å²) in [6, 6.07) is 5.31. The summed E-state index contributed by atoms with van der Waals surface area (Å²) in [6.07, 6.45) is 5.85. The van der Waals surface area contributed by atoms with Crippen LogP contribution in [0.5, 0.6) is 0 Å². The van der Waals surface area contributed by atoms with Gasteiger partial charge < -0.3 is 15.5 Å². The standard InChI is InChI=1S/C14H13ClN4O/c15-14-3-2-12-13(19-14)6-10(9-18-12)11(7-16)8-17-4-1-5-20/h2-3,5-9,16-17H,1,4H2/b11-8+,16-7?. The summed E-state index contributed by atoms with van der Waals surface area (Å²) in [5.41, 5.74) is 2.85. The maximum atomic E-state index is 10.2. The second-order valence-electron chi connectivity index (χ2n) is 4.05. The van der Waals surface area contributed by atoms with E-state index >= 15 is 0 Å². The number of pyridine rings is 2. The summed E-state index contributed by atoms with van der Waals surface area (Å²) < 4.78 is 0. The smallest absolute Gasteiger partial charge is 0.129 e. The molecule has 2 heterocycles. The lowest BCUT2D eigenvalue weighted by Crippen LogP contribution is -2.08. The lowest BCUT2D eigenvalue weighted by atomic mass is 10.1. The van der Waals surface area contributed by atoms with Crippen LogP contribution in [0.25, 0.3) is 16.6 Å². The number of fused-ring (bicyclic) bond motifs is 1. The van der Waals surface area contributed by atoms with Gasteiger partial charge in [-0.3, -0.25) is 4.98 Å². The highest BCUT2D eigenvalue weighted by Crippen LogP contribution is 2.18. The molecular formula is C14H13ClN4O. The van der Waals surface area contributed by atoms with Gasteiger partial charge in [-0.15, -0.1) is 0 Å². The molecule has 0 spiro atoms. The van der Waals surface area contributed by atoms with E-state index in [9.17, 15) is 4.79 Å². The number of hydrogen-bond acceptors (Lipinski definition) is 5. The van der Waals surface area contributed by atoms with Gasteiger partial charge in [0.2, 0.25) is 0 Å².